The van der Waals surface area contributed by atoms with E-state index in [1.54, 1.807) is 7.11 Å². The van der Waals surface area contributed by atoms with Gasteiger partial charge in [0.2, 0.25) is 0 Å². The van der Waals surface area contributed by atoms with Gasteiger partial charge in [0, 0.05) is 13.7 Å². The lowest BCUT2D eigenvalue weighted by molar-refractivity contribution is 0.154. The van der Waals surface area contributed by atoms with Crippen LogP contribution in [0.15, 0.2) is 12.2 Å². The summed E-state index contributed by atoms with van der Waals surface area (Å²) in [7, 11) is 1.80. The predicted molar refractivity (Wildman–Crippen MR) is 52.1 cm³/mol. The molecular weight excluding hydrogens is 148 g/mol. The highest BCUT2D eigenvalue weighted by Crippen LogP contribution is 2.31. The van der Waals surface area contributed by atoms with Gasteiger partial charge in [0.1, 0.15) is 0 Å². The van der Waals surface area contributed by atoms with Crippen LogP contribution in [0.5, 0.6) is 0 Å². The van der Waals surface area contributed by atoms with Gasteiger partial charge in [-0.1, -0.05) is 19.1 Å². The molecule has 0 aromatic heterocycles. The smallest absolute Gasteiger partial charge is 0.0490 e. The molecule has 0 aliphatic heterocycles. The minimum atomic E-state index is 0.821. The summed E-state index contributed by atoms with van der Waals surface area (Å²) < 4.78 is 5.15. The first-order valence-corrected chi connectivity index (χ1v) is 5.02. The zero-order chi connectivity index (χ0) is 8.81. The largest absolute Gasteiger partial charge is 0.384 e. The molecule has 0 radical (unpaired) electrons. The van der Waals surface area contributed by atoms with Gasteiger partial charge in [-0.3, -0.25) is 0 Å². The van der Waals surface area contributed by atoms with E-state index in [-0.39, 0.29) is 0 Å². The first-order valence-electron chi connectivity index (χ1n) is 5.02. The molecule has 1 heteroatoms. The van der Waals surface area contributed by atoms with Crippen LogP contribution in [0, 0.1) is 11.8 Å². The van der Waals surface area contributed by atoms with Gasteiger partial charge in [-0.25, -0.2) is 0 Å². The van der Waals surface area contributed by atoms with Crippen LogP contribution < -0.4 is 0 Å². The highest BCUT2D eigenvalue weighted by Gasteiger charge is 2.21. The normalized spacial score (nSPS) is 30.2. The van der Waals surface area contributed by atoms with Crippen LogP contribution in [-0.2, 0) is 4.74 Å². The molecule has 1 aliphatic rings. The average molecular weight is 168 g/mol. The van der Waals surface area contributed by atoms with Crippen LogP contribution in [0.2, 0.25) is 0 Å². The van der Waals surface area contributed by atoms with E-state index >= 15 is 0 Å². The van der Waals surface area contributed by atoms with Gasteiger partial charge in [0.25, 0.3) is 0 Å². The first-order chi connectivity index (χ1) is 5.86. The maximum absolute atomic E-state index is 5.15. The molecule has 70 valence electrons. The lowest BCUT2D eigenvalue weighted by atomic mass is 10.1. The lowest BCUT2D eigenvalue weighted by Gasteiger charge is -2.06. The third-order valence-corrected chi connectivity index (χ3v) is 2.63. The summed E-state index contributed by atoms with van der Waals surface area (Å²) in [6.07, 6.45) is 9.91. The molecule has 0 aromatic carbocycles. The summed E-state index contributed by atoms with van der Waals surface area (Å²) in [5, 5.41) is 0. The quantitative estimate of drug-likeness (QED) is 0.586. The second-order valence-corrected chi connectivity index (χ2v) is 3.73. The van der Waals surface area contributed by atoms with Crippen molar-refractivity contribution in [1.29, 1.82) is 0 Å². The van der Waals surface area contributed by atoms with E-state index in [1.165, 1.54) is 25.7 Å². The zero-order valence-electron chi connectivity index (χ0n) is 8.25. The molecule has 0 heterocycles. The number of ether oxygens (including phenoxy) is 1. The first kappa shape index (κ1) is 9.79. The van der Waals surface area contributed by atoms with Crippen molar-refractivity contribution in [3.05, 3.63) is 12.2 Å². The van der Waals surface area contributed by atoms with Crippen LogP contribution >= 0.6 is 0 Å². The molecule has 1 saturated carbocycles. The van der Waals surface area contributed by atoms with Gasteiger partial charge >= 0.3 is 0 Å². The minimum Gasteiger partial charge on any atom is -0.384 e. The Hall–Kier alpha value is -0.300. The maximum Gasteiger partial charge on any atom is 0.0490 e. The van der Waals surface area contributed by atoms with Crippen molar-refractivity contribution in [2.24, 2.45) is 11.8 Å². The Balaban J connectivity index is 2.21. The number of hydrogen-bond acceptors (Lipinski definition) is 1. The number of rotatable bonds is 4. The van der Waals surface area contributed by atoms with E-state index in [4.69, 9.17) is 4.74 Å². The highest BCUT2D eigenvalue weighted by molar-refractivity contribution is 4.92. The average Bonchev–Trinajstić information content (AvgIpc) is 2.50. The Morgan fingerprint density at radius 2 is 2.25 bits per heavy atom. The maximum atomic E-state index is 5.15. The highest BCUT2D eigenvalue weighted by atomic mass is 16.5. The van der Waals surface area contributed by atoms with Gasteiger partial charge in [-0.15, -0.1) is 0 Å². The van der Waals surface area contributed by atoms with Crippen LogP contribution in [-0.4, -0.2) is 13.7 Å². The van der Waals surface area contributed by atoms with E-state index in [9.17, 15) is 0 Å². The van der Waals surface area contributed by atoms with E-state index in [1.807, 2.05) is 0 Å². The Labute approximate surface area is 75.8 Å². The lowest BCUT2D eigenvalue weighted by Crippen LogP contribution is -2.03. The molecule has 1 nitrogen and oxygen atoms in total. The molecule has 1 fully saturated rings. The monoisotopic (exact) mass is 168 g/mol. The van der Waals surface area contributed by atoms with Crippen LogP contribution in [0.1, 0.15) is 32.6 Å². The van der Waals surface area contributed by atoms with Crippen LogP contribution in [0.25, 0.3) is 0 Å². The Kier molecular flexibility index (Phi) is 4.37. The van der Waals surface area contributed by atoms with E-state index in [0.29, 0.717) is 0 Å². The third kappa shape index (κ3) is 2.98. The molecule has 2 unspecified atom stereocenters. The van der Waals surface area contributed by atoms with Crippen molar-refractivity contribution < 1.29 is 4.74 Å². The fourth-order valence-electron chi connectivity index (χ4n) is 2.00. The second-order valence-electron chi connectivity index (χ2n) is 3.73. The van der Waals surface area contributed by atoms with E-state index < -0.39 is 0 Å². The second kappa shape index (κ2) is 5.36. The zero-order valence-corrected chi connectivity index (χ0v) is 8.25. The van der Waals surface area contributed by atoms with Crippen molar-refractivity contribution in [3.8, 4) is 0 Å². The minimum absolute atomic E-state index is 0.821. The molecule has 2 atom stereocenters. The van der Waals surface area contributed by atoms with Gasteiger partial charge < -0.3 is 4.74 Å². The fraction of sp³-hybridized carbons (Fsp3) is 0.818. The molecule has 0 spiro atoms. The third-order valence-electron chi connectivity index (χ3n) is 2.63. The molecule has 1 rings (SSSR count). The summed E-state index contributed by atoms with van der Waals surface area (Å²) in [6.45, 7) is 3.15. The molecule has 0 N–H and O–H groups in total. The fourth-order valence-corrected chi connectivity index (χ4v) is 2.00. The van der Waals surface area contributed by atoms with Gasteiger partial charge in [-0.05, 0) is 37.5 Å². The van der Waals surface area contributed by atoms with E-state index in [2.05, 4.69) is 19.1 Å². The van der Waals surface area contributed by atoms with Crippen molar-refractivity contribution in [2.45, 2.75) is 32.6 Å². The molecule has 12 heavy (non-hydrogen) atoms. The number of methoxy groups -OCH3 is 1. The molecule has 1 aliphatic carbocycles. The Morgan fingerprint density at radius 3 is 2.92 bits per heavy atom. The predicted octanol–water partition coefficient (Wildman–Crippen LogP) is 3.02. The van der Waals surface area contributed by atoms with Crippen LogP contribution in [0.4, 0.5) is 0 Å². The molecule has 0 aromatic rings. The topological polar surface area (TPSA) is 9.23 Å². The number of hydrogen-bond donors (Lipinski definition) is 0. The summed E-state index contributed by atoms with van der Waals surface area (Å²) in [6, 6.07) is 0. The van der Waals surface area contributed by atoms with Crippen molar-refractivity contribution >= 4 is 0 Å². The van der Waals surface area contributed by atoms with Crippen molar-refractivity contribution in [3.63, 3.8) is 0 Å². The Bertz CT molecular complexity index is 140. The standard InChI is InChI=1S/C11H20O/c1-3-4-5-10-6-7-11(8-10)9-12-2/h4-5,10-11H,3,6-9H2,1-2H3/b5-4+. The summed E-state index contributed by atoms with van der Waals surface area (Å²) in [4.78, 5) is 0. The Morgan fingerprint density at radius 1 is 1.42 bits per heavy atom. The molecule has 0 bridgehead atoms. The van der Waals surface area contributed by atoms with Crippen LogP contribution in [0.3, 0.4) is 0 Å². The summed E-state index contributed by atoms with van der Waals surface area (Å²) in [5.41, 5.74) is 0. The van der Waals surface area contributed by atoms with Gasteiger partial charge in [-0.2, -0.15) is 0 Å². The summed E-state index contributed by atoms with van der Waals surface area (Å²) >= 11 is 0. The molecule has 0 saturated heterocycles. The van der Waals surface area contributed by atoms with E-state index in [0.717, 1.165) is 18.4 Å². The van der Waals surface area contributed by atoms with Gasteiger partial charge in [0.15, 0.2) is 0 Å². The molecule has 0 amide bonds. The van der Waals surface area contributed by atoms with Crippen molar-refractivity contribution in [2.75, 3.05) is 13.7 Å². The van der Waals surface area contributed by atoms with Crippen molar-refractivity contribution in [1.82, 2.24) is 0 Å². The summed E-state index contributed by atoms with van der Waals surface area (Å²) in [5.74, 6) is 1.66. The number of allylic oxidation sites excluding steroid dienone is 2. The SMILES string of the molecule is CC/C=C/C1CCC(COC)C1. The van der Waals surface area contributed by atoms with Gasteiger partial charge in [0.05, 0.1) is 0 Å². The molecular formula is C11H20O.